The molecule has 0 aliphatic carbocycles. The summed E-state index contributed by atoms with van der Waals surface area (Å²) >= 11 is 0. The molecule has 3 aromatic rings. The first-order chi connectivity index (χ1) is 15.3. The number of rotatable bonds is 4. The van der Waals surface area contributed by atoms with Crippen LogP contribution in [0.3, 0.4) is 0 Å². The molecule has 0 saturated carbocycles. The summed E-state index contributed by atoms with van der Waals surface area (Å²) in [5, 5.41) is 8.99. The number of nitrogens with zero attached hydrogens (tertiary/aromatic N) is 5. The zero-order valence-corrected chi connectivity index (χ0v) is 18.9. The Kier molecular flexibility index (Phi) is 6.00. The second-order valence-electron chi connectivity index (χ2n) is 7.61. The first-order valence-electron chi connectivity index (χ1n) is 10.2. The smallest absolute Gasteiger partial charge is 0.285 e. The quantitative estimate of drug-likeness (QED) is 0.478. The maximum absolute atomic E-state index is 13.1. The molecule has 2 heterocycles. The van der Waals surface area contributed by atoms with Crippen molar-refractivity contribution in [3.05, 3.63) is 83.2 Å². The third kappa shape index (κ3) is 4.83. The molecule has 0 amide bonds. The average molecular weight is 449 g/mol. The molecule has 8 nitrogen and oxygen atoms in total. The van der Waals surface area contributed by atoms with Crippen LogP contribution in [0.15, 0.2) is 75.1 Å². The molecular formula is C23H24N6O2S. The van der Waals surface area contributed by atoms with E-state index >= 15 is 0 Å². The normalized spacial score (nSPS) is 16.4. The Morgan fingerprint density at radius 1 is 1.00 bits per heavy atom. The minimum atomic E-state index is -4.01. The maximum Gasteiger partial charge on any atom is 0.285 e. The molecule has 0 bridgehead atoms. The lowest BCUT2D eigenvalue weighted by atomic mass is 10.1. The van der Waals surface area contributed by atoms with E-state index in [0.29, 0.717) is 6.42 Å². The molecule has 0 fully saturated rings. The van der Waals surface area contributed by atoms with Crippen LogP contribution in [0.4, 0.5) is 5.95 Å². The van der Waals surface area contributed by atoms with E-state index in [9.17, 15) is 8.42 Å². The largest absolute Gasteiger partial charge is 0.292 e. The molecule has 1 aliphatic rings. The van der Waals surface area contributed by atoms with Crippen molar-refractivity contribution in [1.29, 1.82) is 0 Å². The van der Waals surface area contributed by atoms with Crippen molar-refractivity contribution in [3.63, 3.8) is 0 Å². The van der Waals surface area contributed by atoms with Crippen molar-refractivity contribution in [2.24, 2.45) is 9.50 Å². The Labute approximate surface area is 187 Å². The summed E-state index contributed by atoms with van der Waals surface area (Å²) in [4.78, 5) is 8.86. The highest BCUT2D eigenvalue weighted by molar-refractivity contribution is 7.90. The standard InChI is InChI=1S/C23H24N6O2S/c1-16-9-11-20(12-10-16)32(30,31)28-23(27-22-25-17(2)15-18(3)26-22)29-21(13-14-24-29)19-7-5-4-6-8-19/h4-12,14-15,21H,13H2,1-3H3,(H,25,26,27,28)/t21-/m1/s1. The van der Waals surface area contributed by atoms with E-state index in [4.69, 9.17) is 0 Å². The van der Waals surface area contributed by atoms with Gasteiger partial charge in [-0.05, 0) is 44.5 Å². The van der Waals surface area contributed by atoms with Crippen LogP contribution in [0.25, 0.3) is 0 Å². The molecule has 4 rings (SSSR count). The van der Waals surface area contributed by atoms with Gasteiger partial charge in [0.15, 0.2) is 0 Å². The number of hydrogen-bond acceptors (Lipinski definition) is 5. The van der Waals surface area contributed by atoms with E-state index in [0.717, 1.165) is 22.5 Å². The number of hydrogen-bond donors (Lipinski definition) is 1. The fourth-order valence-corrected chi connectivity index (χ4v) is 4.39. The van der Waals surface area contributed by atoms with Gasteiger partial charge in [0.25, 0.3) is 10.0 Å². The minimum Gasteiger partial charge on any atom is -0.292 e. The Balaban J connectivity index is 1.78. The molecule has 1 aromatic heterocycles. The van der Waals surface area contributed by atoms with E-state index in [-0.39, 0.29) is 22.8 Å². The number of benzene rings is 2. The summed E-state index contributed by atoms with van der Waals surface area (Å²) in [6, 6.07) is 18.0. The monoisotopic (exact) mass is 448 g/mol. The van der Waals surface area contributed by atoms with Gasteiger partial charge < -0.3 is 0 Å². The number of anilines is 1. The van der Waals surface area contributed by atoms with Gasteiger partial charge in [-0.15, -0.1) is 4.40 Å². The van der Waals surface area contributed by atoms with Crippen LogP contribution in [0.5, 0.6) is 0 Å². The van der Waals surface area contributed by atoms with Gasteiger partial charge in [-0.25, -0.2) is 15.0 Å². The average Bonchev–Trinajstić information content (AvgIpc) is 3.23. The number of aromatic nitrogens is 2. The summed E-state index contributed by atoms with van der Waals surface area (Å²) in [7, 11) is -4.01. The molecule has 2 aromatic carbocycles. The van der Waals surface area contributed by atoms with Gasteiger partial charge in [-0.1, -0.05) is 48.0 Å². The van der Waals surface area contributed by atoms with Crippen LogP contribution in [-0.2, 0) is 10.0 Å². The summed E-state index contributed by atoms with van der Waals surface area (Å²) in [6.07, 6.45) is 2.36. The highest BCUT2D eigenvalue weighted by Gasteiger charge is 2.29. The van der Waals surface area contributed by atoms with Gasteiger partial charge >= 0.3 is 0 Å². The van der Waals surface area contributed by atoms with E-state index in [1.807, 2.05) is 57.2 Å². The topological polar surface area (TPSA) is 99.9 Å². The number of guanidine groups is 1. The molecule has 1 aliphatic heterocycles. The molecule has 0 unspecified atom stereocenters. The number of aryl methyl sites for hydroxylation is 3. The van der Waals surface area contributed by atoms with Gasteiger partial charge in [-0.3, -0.25) is 5.32 Å². The number of hydrazone groups is 1. The Bertz CT molecular complexity index is 1250. The highest BCUT2D eigenvalue weighted by Crippen LogP contribution is 2.29. The lowest BCUT2D eigenvalue weighted by Gasteiger charge is -2.25. The van der Waals surface area contributed by atoms with Crippen molar-refractivity contribution < 1.29 is 8.42 Å². The van der Waals surface area contributed by atoms with Gasteiger partial charge in [0.05, 0.1) is 10.9 Å². The Morgan fingerprint density at radius 2 is 1.66 bits per heavy atom. The van der Waals surface area contributed by atoms with Crippen LogP contribution in [0, 0.1) is 20.8 Å². The molecule has 164 valence electrons. The lowest BCUT2D eigenvalue weighted by Crippen LogP contribution is -2.34. The minimum absolute atomic E-state index is 0.0400. The van der Waals surface area contributed by atoms with Gasteiger partial charge in [-0.2, -0.15) is 13.5 Å². The van der Waals surface area contributed by atoms with Crippen LogP contribution >= 0.6 is 0 Å². The van der Waals surface area contributed by atoms with E-state index in [2.05, 4.69) is 24.8 Å². The fourth-order valence-electron chi connectivity index (χ4n) is 3.45. The molecule has 1 atom stereocenters. The predicted octanol–water partition coefficient (Wildman–Crippen LogP) is 3.99. The predicted molar refractivity (Wildman–Crippen MR) is 125 cm³/mol. The molecule has 1 N–H and O–H groups in total. The van der Waals surface area contributed by atoms with Crippen molar-refractivity contribution in [1.82, 2.24) is 15.0 Å². The van der Waals surface area contributed by atoms with Gasteiger partial charge in [0.1, 0.15) is 0 Å². The van der Waals surface area contributed by atoms with Crippen LogP contribution in [-0.4, -0.2) is 35.6 Å². The van der Waals surface area contributed by atoms with Crippen LogP contribution < -0.4 is 5.32 Å². The first-order valence-corrected chi connectivity index (χ1v) is 11.6. The van der Waals surface area contributed by atoms with Crippen LogP contribution in [0.1, 0.15) is 35.0 Å². The second kappa shape index (κ2) is 8.88. The summed E-state index contributed by atoms with van der Waals surface area (Å²) in [6.45, 7) is 5.59. The summed E-state index contributed by atoms with van der Waals surface area (Å²) < 4.78 is 30.4. The Morgan fingerprint density at radius 3 is 2.31 bits per heavy atom. The SMILES string of the molecule is Cc1ccc(S(=O)(=O)N=C(Nc2nc(C)cc(C)n2)N2N=CC[C@@H]2c2ccccc2)cc1. The lowest BCUT2D eigenvalue weighted by molar-refractivity contribution is 0.369. The van der Waals surface area contributed by atoms with Crippen molar-refractivity contribution >= 4 is 28.1 Å². The third-order valence-corrected chi connectivity index (χ3v) is 6.24. The first kappa shape index (κ1) is 21.6. The van der Waals surface area contributed by atoms with Crippen molar-refractivity contribution in [2.75, 3.05) is 5.32 Å². The van der Waals surface area contributed by atoms with Crippen LogP contribution in [0.2, 0.25) is 0 Å². The molecule has 9 heteroatoms. The Hall–Kier alpha value is -3.59. The van der Waals surface area contributed by atoms with Crippen molar-refractivity contribution in [2.45, 2.75) is 38.1 Å². The second-order valence-corrected chi connectivity index (χ2v) is 9.21. The fraction of sp³-hybridized carbons (Fsp3) is 0.217. The molecule has 32 heavy (non-hydrogen) atoms. The molecule has 0 saturated heterocycles. The zero-order chi connectivity index (χ0) is 22.7. The maximum atomic E-state index is 13.1. The zero-order valence-electron chi connectivity index (χ0n) is 18.1. The number of sulfonamides is 1. The summed E-state index contributed by atoms with van der Waals surface area (Å²) in [5.74, 6) is 0.299. The van der Waals surface area contributed by atoms with E-state index in [1.165, 1.54) is 0 Å². The third-order valence-electron chi connectivity index (χ3n) is 4.96. The summed E-state index contributed by atoms with van der Waals surface area (Å²) in [5.41, 5.74) is 3.47. The molecule has 0 spiro atoms. The van der Waals surface area contributed by atoms with E-state index in [1.54, 1.807) is 35.5 Å². The molecular weight excluding hydrogens is 424 g/mol. The molecule has 0 radical (unpaired) electrons. The highest BCUT2D eigenvalue weighted by atomic mass is 32.2. The van der Waals surface area contributed by atoms with Crippen molar-refractivity contribution in [3.8, 4) is 0 Å². The van der Waals surface area contributed by atoms with Gasteiger partial charge in [0.2, 0.25) is 11.9 Å². The van der Waals surface area contributed by atoms with E-state index < -0.39 is 10.0 Å². The number of nitrogens with one attached hydrogen (secondary N) is 1. The van der Waals surface area contributed by atoms with Gasteiger partial charge in [0, 0.05) is 24.0 Å².